The van der Waals surface area contributed by atoms with Crippen LogP contribution >= 0.6 is 0 Å². The second-order valence-electron chi connectivity index (χ2n) is 3.11. The number of hydrogen-bond donors (Lipinski definition) is 0. The molecule has 0 unspecified atom stereocenters. The third kappa shape index (κ3) is 2.46. The smallest absolute Gasteiger partial charge is 0.445 e. The lowest BCUT2D eigenvalue weighted by Gasteiger charge is -2.22. The Hall–Kier alpha value is -1.14. The average Bonchev–Trinajstić information content (AvgIpc) is 1.99. The van der Waals surface area contributed by atoms with Crippen LogP contribution in [0.5, 0.6) is 0 Å². The Morgan fingerprint density at radius 2 is 1.60 bits per heavy atom. The van der Waals surface area contributed by atoms with Crippen molar-refractivity contribution in [3.05, 3.63) is 29.3 Å². The summed E-state index contributed by atoms with van der Waals surface area (Å²) in [6.07, 6.45) is -4.97. The first-order valence-corrected chi connectivity index (χ1v) is 4.00. The molecular formula is C8H6BF6-. The van der Waals surface area contributed by atoms with Gasteiger partial charge in [0.05, 0.1) is 0 Å². The summed E-state index contributed by atoms with van der Waals surface area (Å²) < 4.78 is 74.0. The van der Waals surface area contributed by atoms with E-state index in [1.807, 2.05) is 0 Å². The summed E-state index contributed by atoms with van der Waals surface area (Å²) in [7, 11) is 0. The van der Waals surface area contributed by atoms with Crippen molar-refractivity contribution in [1.82, 2.24) is 0 Å². The van der Waals surface area contributed by atoms with Gasteiger partial charge in [0.25, 0.3) is 0 Å². The fourth-order valence-electron chi connectivity index (χ4n) is 1.35. The van der Waals surface area contributed by atoms with Crippen molar-refractivity contribution in [2.75, 3.05) is 0 Å². The van der Waals surface area contributed by atoms with Crippen LogP contribution in [-0.4, -0.2) is 6.98 Å². The van der Waals surface area contributed by atoms with E-state index in [4.69, 9.17) is 0 Å². The van der Waals surface area contributed by atoms with E-state index in [1.54, 1.807) is 0 Å². The van der Waals surface area contributed by atoms with Gasteiger partial charge in [0, 0.05) is 5.56 Å². The van der Waals surface area contributed by atoms with Gasteiger partial charge in [-0.25, -0.2) is 0 Å². The van der Waals surface area contributed by atoms with Gasteiger partial charge in [0.2, 0.25) is 0 Å². The lowest BCUT2D eigenvalue weighted by molar-refractivity contribution is -0.137. The van der Waals surface area contributed by atoms with E-state index in [2.05, 4.69) is 0 Å². The van der Waals surface area contributed by atoms with Crippen LogP contribution in [0.1, 0.15) is 11.1 Å². The number of benzene rings is 1. The summed E-state index contributed by atoms with van der Waals surface area (Å²) in [6.45, 7) is -4.63. The van der Waals surface area contributed by atoms with Crippen molar-refractivity contribution < 1.29 is 26.1 Å². The summed E-state index contributed by atoms with van der Waals surface area (Å²) in [5.41, 5.74) is -3.58. The maximum atomic E-state index is 12.3. The Labute approximate surface area is 82.0 Å². The zero-order valence-corrected chi connectivity index (χ0v) is 7.58. The third-order valence-corrected chi connectivity index (χ3v) is 1.94. The lowest BCUT2D eigenvalue weighted by Crippen LogP contribution is -2.40. The maximum absolute atomic E-state index is 12.3. The highest BCUT2D eigenvalue weighted by atomic mass is 19.4. The third-order valence-electron chi connectivity index (χ3n) is 1.94. The molecule has 0 saturated carbocycles. The van der Waals surface area contributed by atoms with Crippen LogP contribution in [0.15, 0.2) is 18.2 Å². The Morgan fingerprint density at radius 1 is 1.07 bits per heavy atom. The molecule has 0 aliphatic heterocycles. The van der Waals surface area contributed by atoms with E-state index in [0.717, 1.165) is 19.1 Å². The van der Waals surface area contributed by atoms with Crippen molar-refractivity contribution in [2.24, 2.45) is 0 Å². The maximum Gasteiger partial charge on any atom is 0.510 e. The Morgan fingerprint density at radius 3 is 1.93 bits per heavy atom. The summed E-state index contributed by atoms with van der Waals surface area (Å²) in [4.78, 5) is 0. The first-order chi connectivity index (χ1) is 6.64. The molecule has 1 aromatic carbocycles. The highest BCUT2D eigenvalue weighted by Gasteiger charge is 2.40. The molecule has 0 fully saturated rings. The molecule has 0 atom stereocenters. The Balaban J connectivity index is 3.48. The molecule has 0 aliphatic carbocycles. The fourth-order valence-corrected chi connectivity index (χ4v) is 1.35. The highest BCUT2D eigenvalue weighted by Crippen LogP contribution is 2.32. The van der Waals surface area contributed by atoms with E-state index >= 15 is 0 Å². The minimum atomic E-state index is -5.64. The van der Waals surface area contributed by atoms with Gasteiger partial charge in [0.15, 0.2) is 0 Å². The van der Waals surface area contributed by atoms with Crippen LogP contribution in [0, 0.1) is 6.92 Å². The number of aryl methyl sites for hydroxylation is 1. The van der Waals surface area contributed by atoms with Crippen LogP contribution in [0.3, 0.4) is 0 Å². The fraction of sp³-hybridized carbons (Fsp3) is 0.250. The first kappa shape index (κ1) is 11.9. The predicted octanol–water partition coefficient (Wildman–Crippen LogP) is 3.07. The molecule has 0 radical (unpaired) electrons. The molecule has 0 nitrogen and oxygen atoms in total. The molecule has 0 aliphatic rings. The quantitative estimate of drug-likeness (QED) is 0.510. The van der Waals surface area contributed by atoms with Crippen molar-refractivity contribution in [3.8, 4) is 0 Å². The van der Waals surface area contributed by atoms with Gasteiger partial charge in [0.1, 0.15) is 0 Å². The molecule has 0 spiro atoms. The van der Waals surface area contributed by atoms with Gasteiger partial charge < -0.3 is 12.9 Å². The van der Waals surface area contributed by atoms with Crippen molar-refractivity contribution >= 4 is 12.4 Å². The zero-order chi connectivity index (χ0) is 11.9. The number of alkyl halides is 3. The number of rotatable bonds is 1. The molecule has 0 saturated heterocycles. The molecular weight excluding hydrogens is 221 g/mol. The summed E-state index contributed by atoms with van der Waals surface area (Å²) >= 11 is 0. The second-order valence-corrected chi connectivity index (χ2v) is 3.11. The molecule has 0 amide bonds. The predicted molar refractivity (Wildman–Crippen MR) is 44.9 cm³/mol. The van der Waals surface area contributed by atoms with E-state index in [9.17, 15) is 26.1 Å². The molecule has 0 bridgehead atoms. The number of halogens is 6. The zero-order valence-electron chi connectivity index (χ0n) is 7.58. The Bertz CT molecular complexity index is 364. The van der Waals surface area contributed by atoms with Crippen molar-refractivity contribution in [2.45, 2.75) is 13.1 Å². The normalized spacial score (nSPS) is 13.0. The topological polar surface area (TPSA) is 0 Å². The first-order valence-electron chi connectivity index (χ1n) is 4.00. The van der Waals surface area contributed by atoms with Crippen molar-refractivity contribution in [3.63, 3.8) is 0 Å². The molecule has 1 aromatic rings. The SMILES string of the molecule is Cc1cccc([B-](F)(F)F)c1C(F)(F)F. The summed E-state index contributed by atoms with van der Waals surface area (Å²) in [6, 6.07) is 2.43. The van der Waals surface area contributed by atoms with Gasteiger partial charge in [-0.3, -0.25) is 0 Å². The lowest BCUT2D eigenvalue weighted by atomic mass is 9.75. The summed E-state index contributed by atoms with van der Waals surface area (Å²) in [5, 5.41) is 0. The van der Waals surface area contributed by atoms with E-state index < -0.39 is 29.7 Å². The molecule has 0 aromatic heterocycles. The van der Waals surface area contributed by atoms with Crippen LogP contribution in [-0.2, 0) is 6.18 Å². The monoisotopic (exact) mass is 227 g/mol. The van der Waals surface area contributed by atoms with Gasteiger partial charge >= 0.3 is 13.2 Å². The van der Waals surface area contributed by atoms with E-state index in [0.29, 0.717) is 6.07 Å². The molecule has 15 heavy (non-hydrogen) atoms. The number of hydrogen-bond acceptors (Lipinski definition) is 0. The molecule has 0 N–H and O–H groups in total. The molecule has 7 heteroatoms. The minimum absolute atomic E-state index is 0.417. The highest BCUT2D eigenvalue weighted by molar-refractivity contribution is 6.74. The molecule has 0 heterocycles. The largest absolute Gasteiger partial charge is 0.510 e. The van der Waals surface area contributed by atoms with Gasteiger partial charge in [-0.15, -0.1) is 0 Å². The standard InChI is InChI=1S/C8H6BF6/c1-5-3-2-4-6(9(13,14)15)7(5)8(10,11)12/h2-4H,1H3/q-1. The van der Waals surface area contributed by atoms with E-state index in [-0.39, 0.29) is 0 Å². The van der Waals surface area contributed by atoms with Crippen LogP contribution < -0.4 is 5.46 Å². The minimum Gasteiger partial charge on any atom is -0.445 e. The Kier molecular flexibility index (Phi) is 2.76. The van der Waals surface area contributed by atoms with Crippen LogP contribution in [0.2, 0.25) is 0 Å². The van der Waals surface area contributed by atoms with Crippen LogP contribution in [0.25, 0.3) is 0 Å². The van der Waals surface area contributed by atoms with Crippen molar-refractivity contribution in [1.29, 1.82) is 0 Å². The second kappa shape index (κ2) is 3.46. The van der Waals surface area contributed by atoms with Gasteiger partial charge in [-0.2, -0.15) is 13.2 Å². The van der Waals surface area contributed by atoms with E-state index in [1.165, 1.54) is 0 Å². The van der Waals surface area contributed by atoms with Gasteiger partial charge in [-0.1, -0.05) is 23.7 Å². The molecule has 84 valence electrons. The average molecular weight is 227 g/mol. The van der Waals surface area contributed by atoms with Crippen LogP contribution in [0.4, 0.5) is 26.1 Å². The van der Waals surface area contributed by atoms with Gasteiger partial charge in [-0.05, 0) is 12.5 Å². The molecule has 1 rings (SSSR count). The summed E-state index contributed by atoms with van der Waals surface area (Å²) in [5.74, 6) is 0.